The molecule has 8 nitrogen and oxygen atoms in total. The van der Waals surface area contributed by atoms with Gasteiger partial charge < -0.3 is 15.0 Å². The topological polar surface area (TPSA) is 96.0 Å². The first-order valence-corrected chi connectivity index (χ1v) is 13.6. The maximum Gasteiger partial charge on any atom is 0.264 e. The molecule has 0 fully saturated rings. The van der Waals surface area contributed by atoms with E-state index in [1.54, 1.807) is 42.5 Å². The molecule has 2 amide bonds. The van der Waals surface area contributed by atoms with Crippen molar-refractivity contribution in [2.45, 2.75) is 37.8 Å². The lowest BCUT2D eigenvalue weighted by molar-refractivity contribution is -0.140. The number of rotatable bonds is 12. The Morgan fingerprint density at radius 2 is 1.49 bits per heavy atom. The van der Waals surface area contributed by atoms with Crippen LogP contribution in [0.3, 0.4) is 0 Å². The standard InChI is InChI=1S/C28H33N3O5S/c1-4-26(28(33)29-3)30(20-22-12-8-6-9-13-22)27(32)21-31(23-14-10-7-11-15-23)37(34,35)25-18-16-24(17-19-25)36-5-2/h6-19,26H,4-5,20-21H2,1-3H3,(H,29,33)/t26-/m1/s1. The van der Waals surface area contributed by atoms with Gasteiger partial charge >= 0.3 is 0 Å². The molecule has 0 aliphatic heterocycles. The molecule has 0 spiro atoms. The summed E-state index contributed by atoms with van der Waals surface area (Å²) in [4.78, 5) is 27.9. The summed E-state index contributed by atoms with van der Waals surface area (Å²) in [7, 11) is -2.60. The van der Waals surface area contributed by atoms with Crippen LogP contribution in [0.2, 0.25) is 0 Å². The van der Waals surface area contributed by atoms with Crippen LogP contribution in [-0.4, -0.2) is 51.4 Å². The molecule has 0 aliphatic rings. The van der Waals surface area contributed by atoms with Gasteiger partial charge in [0.2, 0.25) is 11.8 Å². The summed E-state index contributed by atoms with van der Waals surface area (Å²) in [6.45, 7) is 3.81. The number of likely N-dealkylation sites (N-methyl/N-ethyl adjacent to an activating group) is 1. The minimum Gasteiger partial charge on any atom is -0.494 e. The third-order valence-corrected chi connectivity index (χ3v) is 7.66. The Morgan fingerprint density at radius 3 is 2.03 bits per heavy atom. The number of nitrogens with one attached hydrogen (secondary N) is 1. The van der Waals surface area contributed by atoms with Gasteiger partial charge in [0.15, 0.2) is 0 Å². The number of benzene rings is 3. The molecule has 3 aromatic carbocycles. The normalized spacial score (nSPS) is 11.9. The molecular weight excluding hydrogens is 490 g/mol. The molecule has 0 radical (unpaired) electrons. The Kier molecular flexibility index (Phi) is 9.68. The molecule has 0 unspecified atom stereocenters. The van der Waals surface area contributed by atoms with Crippen LogP contribution in [0.4, 0.5) is 5.69 Å². The highest BCUT2D eigenvalue weighted by Crippen LogP contribution is 2.26. The van der Waals surface area contributed by atoms with Crippen LogP contribution in [0, 0.1) is 0 Å². The number of amides is 2. The maximum absolute atomic E-state index is 13.8. The second kappa shape index (κ2) is 12.9. The lowest BCUT2D eigenvalue weighted by Crippen LogP contribution is -2.51. The van der Waals surface area contributed by atoms with E-state index in [0.29, 0.717) is 24.5 Å². The SMILES string of the molecule is CCOc1ccc(S(=O)(=O)N(CC(=O)N(Cc2ccccc2)[C@H](CC)C(=O)NC)c2ccccc2)cc1. The summed E-state index contributed by atoms with van der Waals surface area (Å²) in [5.41, 5.74) is 1.18. The molecule has 1 N–H and O–H groups in total. The first-order valence-electron chi connectivity index (χ1n) is 12.2. The summed E-state index contributed by atoms with van der Waals surface area (Å²) >= 11 is 0. The fraction of sp³-hybridized carbons (Fsp3) is 0.286. The van der Waals surface area contributed by atoms with Gasteiger partial charge in [0.25, 0.3) is 10.0 Å². The molecule has 1 atom stereocenters. The Balaban J connectivity index is 2.00. The van der Waals surface area contributed by atoms with Crippen molar-refractivity contribution in [1.29, 1.82) is 0 Å². The zero-order chi connectivity index (χ0) is 26.8. The van der Waals surface area contributed by atoms with Crippen molar-refractivity contribution in [2.75, 3.05) is 24.5 Å². The van der Waals surface area contributed by atoms with Gasteiger partial charge in [0.1, 0.15) is 18.3 Å². The Hall–Kier alpha value is -3.85. The van der Waals surface area contributed by atoms with Gasteiger partial charge in [-0.05, 0) is 55.3 Å². The van der Waals surface area contributed by atoms with Gasteiger partial charge in [0.05, 0.1) is 17.2 Å². The molecule has 3 aromatic rings. The first-order chi connectivity index (χ1) is 17.8. The van der Waals surface area contributed by atoms with Crippen LogP contribution in [-0.2, 0) is 26.2 Å². The Morgan fingerprint density at radius 1 is 0.892 bits per heavy atom. The zero-order valence-corrected chi connectivity index (χ0v) is 22.1. The van der Waals surface area contributed by atoms with E-state index in [1.807, 2.05) is 44.2 Å². The minimum atomic E-state index is -4.12. The smallest absolute Gasteiger partial charge is 0.264 e. The molecule has 9 heteroatoms. The van der Waals surface area contributed by atoms with Crippen LogP contribution >= 0.6 is 0 Å². The number of hydrogen-bond donors (Lipinski definition) is 1. The molecule has 196 valence electrons. The van der Waals surface area contributed by atoms with Crippen molar-refractivity contribution in [2.24, 2.45) is 0 Å². The van der Waals surface area contributed by atoms with Crippen molar-refractivity contribution >= 4 is 27.5 Å². The van der Waals surface area contributed by atoms with Crippen molar-refractivity contribution in [3.8, 4) is 5.75 Å². The molecular formula is C28H33N3O5S. The highest BCUT2D eigenvalue weighted by atomic mass is 32.2. The lowest BCUT2D eigenvalue weighted by Gasteiger charge is -2.33. The van der Waals surface area contributed by atoms with Gasteiger partial charge in [-0.1, -0.05) is 55.5 Å². The van der Waals surface area contributed by atoms with Gasteiger partial charge in [0, 0.05) is 13.6 Å². The predicted molar refractivity (Wildman–Crippen MR) is 144 cm³/mol. The number of anilines is 1. The highest BCUT2D eigenvalue weighted by molar-refractivity contribution is 7.92. The van der Waals surface area contributed by atoms with E-state index in [2.05, 4.69) is 5.32 Å². The van der Waals surface area contributed by atoms with E-state index >= 15 is 0 Å². The summed E-state index contributed by atoms with van der Waals surface area (Å²) in [6.07, 6.45) is 0.370. The van der Waals surface area contributed by atoms with E-state index < -0.39 is 28.5 Å². The maximum atomic E-state index is 13.8. The quantitative estimate of drug-likeness (QED) is 0.389. The number of carbonyl (C=O) groups excluding carboxylic acids is 2. The molecule has 37 heavy (non-hydrogen) atoms. The van der Waals surface area contributed by atoms with Crippen LogP contribution < -0.4 is 14.4 Å². The Labute approximate surface area is 218 Å². The molecule has 0 aliphatic carbocycles. The summed E-state index contributed by atoms with van der Waals surface area (Å²) in [5.74, 6) is -0.251. The average Bonchev–Trinajstić information content (AvgIpc) is 2.92. The van der Waals surface area contributed by atoms with Crippen LogP contribution in [0.5, 0.6) is 5.75 Å². The van der Waals surface area contributed by atoms with Gasteiger partial charge in [-0.15, -0.1) is 0 Å². The predicted octanol–water partition coefficient (Wildman–Crippen LogP) is 3.83. The molecule has 0 aromatic heterocycles. The summed E-state index contributed by atoms with van der Waals surface area (Å²) < 4.78 is 34.1. The number of hydrogen-bond acceptors (Lipinski definition) is 5. The monoisotopic (exact) mass is 523 g/mol. The van der Waals surface area contributed by atoms with Gasteiger partial charge in [-0.3, -0.25) is 13.9 Å². The molecule has 0 heterocycles. The van der Waals surface area contributed by atoms with Crippen LogP contribution in [0.1, 0.15) is 25.8 Å². The molecule has 0 bridgehead atoms. The van der Waals surface area contributed by atoms with Crippen molar-refractivity contribution in [3.05, 3.63) is 90.5 Å². The van der Waals surface area contributed by atoms with Crippen molar-refractivity contribution in [3.63, 3.8) is 0 Å². The first kappa shape index (κ1) is 27.7. The second-order valence-corrected chi connectivity index (χ2v) is 10.2. The molecule has 0 saturated heterocycles. The number of nitrogens with zero attached hydrogens (tertiary/aromatic N) is 2. The van der Waals surface area contributed by atoms with E-state index in [9.17, 15) is 18.0 Å². The third kappa shape index (κ3) is 6.89. The number of sulfonamides is 1. The fourth-order valence-corrected chi connectivity index (χ4v) is 5.41. The number of carbonyl (C=O) groups is 2. The summed E-state index contributed by atoms with van der Waals surface area (Å²) in [5, 5.41) is 2.62. The van der Waals surface area contributed by atoms with E-state index in [0.717, 1.165) is 9.87 Å². The highest BCUT2D eigenvalue weighted by Gasteiger charge is 2.33. The third-order valence-electron chi connectivity index (χ3n) is 5.87. The fourth-order valence-electron chi connectivity index (χ4n) is 3.99. The zero-order valence-electron chi connectivity index (χ0n) is 21.3. The van der Waals surface area contributed by atoms with Crippen molar-refractivity contribution < 1.29 is 22.7 Å². The summed E-state index contributed by atoms with van der Waals surface area (Å²) in [6, 6.07) is 23.1. The van der Waals surface area contributed by atoms with E-state index in [4.69, 9.17) is 4.74 Å². The van der Waals surface area contributed by atoms with E-state index in [-0.39, 0.29) is 17.3 Å². The van der Waals surface area contributed by atoms with Crippen molar-refractivity contribution in [1.82, 2.24) is 10.2 Å². The van der Waals surface area contributed by atoms with E-state index in [1.165, 1.54) is 24.1 Å². The molecule has 3 rings (SSSR count). The Bertz CT molecular complexity index is 1270. The van der Waals surface area contributed by atoms with Crippen LogP contribution in [0.15, 0.2) is 89.8 Å². The second-order valence-electron chi connectivity index (χ2n) is 8.30. The molecule has 0 saturated carbocycles. The lowest BCUT2D eigenvalue weighted by atomic mass is 10.1. The van der Waals surface area contributed by atoms with Crippen LogP contribution in [0.25, 0.3) is 0 Å². The number of ether oxygens (including phenoxy) is 1. The largest absolute Gasteiger partial charge is 0.494 e. The van der Waals surface area contributed by atoms with Gasteiger partial charge in [-0.2, -0.15) is 0 Å². The van der Waals surface area contributed by atoms with Gasteiger partial charge in [-0.25, -0.2) is 8.42 Å². The number of para-hydroxylation sites is 1. The minimum absolute atomic E-state index is 0.0283. The average molecular weight is 524 g/mol.